The van der Waals surface area contributed by atoms with Gasteiger partial charge in [0.05, 0.1) is 5.69 Å². The van der Waals surface area contributed by atoms with Crippen LogP contribution in [0.3, 0.4) is 0 Å². The molecule has 0 unspecified atom stereocenters. The number of pyridine rings is 1. The van der Waals surface area contributed by atoms with Gasteiger partial charge >= 0.3 is 0 Å². The van der Waals surface area contributed by atoms with Crippen LogP contribution >= 0.6 is 35.0 Å². The molecular weight excluding hydrogens is 327 g/mol. The lowest BCUT2D eigenvalue weighted by Gasteiger charge is -2.28. The van der Waals surface area contributed by atoms with Gasteiger partial charge in [-0.2, -0.15) is 0 Å². The molecule has 0 spiro atoms. The van der Waals surface area contributed by atoms with Gasteiger partial charge in [0.15, 0.2) is 5.16 Å². The molecule has 0 atom stereocenters. The Bertz CT molecular complexity index is 665. The molecule has 1 aliphatic rings. The van der Waals surface area contributed by atoms with E-state index in [0.717, 1.165) is 42.5 Å². The predicted octanol–water partition coefficient (Wildman–Crippen LogP) is 3.46. The van der Waals surface area contributed by atoms with Crippen molar-refractivity contribution < 1.29 is 0 Å². The van der Waals surface area contributed by atoms with E-state index in [2.05, 4.69) is 19.9 Å². The highest BCUT2D eigenvalue weighted by atomic mass is 35.5. The maximum Gasteiger partial charge on any atom is 0.187 e. The lowest BCUT2D eigenvalue weighted by molar-refractivity contribution is 0.242. The van der Waals surface area contributed by atoms with E-state index in [0.29, 0.717) is 10.3 Å². The monoisotopic (exact) mass is 340 g/mol. The zero-order valence-corrected chi connectivity index (χ0v) is 13.8. The van der Waals surface area contributed by atoms with Gasteiger partial charge in [-0.3, -0.25) is 4.90 Å². The number of rotatable bonds is 3. The zero-order chi connectivity index (χ0) is 14.8. The van der Waals surface area contributed by atoms with Gasteiger partial charge in [0, 0.05) is 43.4 Å². The van der Waals surface area contributed by atoms with Gasteiger partial charge in [-0.1, -0.05) is 41.0 Å². The van der Waals surface area contributed by atoms with E-state index in [1.165, 1.54) is 5.56 Å². The van der Waals surface area contributed by atoms with Crippen LogP contribution in [0, 0.1) is 0 Å². The lowest BCUT2D eigenvalue weighted by Crippen LogP contribution is -2.31. The van der Waals surface area contributed by atoms with Crippen LogP contribution in [0.1, 0.15) is 16.8 Å². The third-order valence-electron chi connectivity index (χ3n) is 3.46. The summed E-state index contributed by atoms with van der Waals surface area (Å²) in [6.07, 6.45) is 4.86. The van der Waals surface area contributed by atoms with E-state index >= 15 is 0 Å². The molecule has 0 saturated carbocycles. The Morgan fingerprint density at radius 3 is 2.90 bits per heavy atom. The van der Waals surface area contributed by atoms with Gasteiger partial charge in [0.2, 0.25) is 0 Å². The summed E-state index contributed by atoms with van der Waals surface area (Å²) in [5.41, 5.74) is 3.34. The number of nitrogens with zero attached hydrogens (tertiary/aromatic N) is 4. The molecule has 2 aromatic heterocycles. The topological polar surface area (TPSA) is 41.9 Å². The predicted molar refractivity (Wildman–Crippen MR) is 85.9 cm³/mol. The molecule has 110 valence electrons. The van der Waals surface area contributed by atoms with Crippen LogP contribution in [-0.2, 0) is 19.5 Å². The van der Waals surface area contributed by atoms with Crippen molar-refractivity contribution in [2.75, 3.05) is 12.8 Å². The van der Waals surface area contributed by atoms with Gasteiger partial charge in [-0.05, 0) is 12.3 Å². The largest absolute Gasteiger partial charge is 0.294 e. The first-order valence-corrected chi connectivity index (χ1v) is 8.56. The summed E-state index contributed by atoms with van der Waals surface area (Å²) in [7, 11) is 0. The van der Waals surface area contributed by atoms with Crippen molar-refractivity contribution >= 4 is 35.0 Å². The molecule has 0 saturated heterocycles. The molecule has 1 aliphatic heterocycles. The molecule has 0 bridgehead atoms. The summed E-state index contributed by atoms with van der Waals surface area (Å²) in [6, 6.07) is 3.70. The Balaban J connectivity index is 1.74. The number of thioether (sulfide) groups is 1. The van der Waals surface area contributed by atoms with Crippen LogP contribution < -0.4 is 0 Å². The Hall–Kier alpha value is -0.880. The standard InChI is InChI=1S/C14H14Cl2N4S/c1-21-14-17-6-10-8-20(5-4-11(10)18-14)7-9-2-3-12(15)19-13(9)16/h2-3,6H,4-5,7-8H2,1H3. The number of hydrogen-bond acceptors (Lipinski definition) is 5. The first-order chi connectivity index (χ1) is 10.2. The lowest BCUT2D eigenvalue weighted by atomic mass is 10.1. The van der Waals surface area contributed by atoms with Gasteiger partial charge in [-0.25, -0.2) is 15.0 Å². The van der Waals surface area contributed by atoms with E-state index in [-0.39, 0.29) is 0 Å². The molecule has 3 rings (SSSR count). The Kier molecular flexibility index (Phi) is 4.64. The highest BCUT2D eigenvalue weighted by Gasteiger charge is 2.19. The van der Waals surface area contributed by atoms with Crippen molar-refractivity contribution in [1.29, 1.82) is 0 Å². The third kappa shape index (κ3) is 3.48. The maximum atomic E-state index is 6.14. The Labute approximate surface area is 137 Å². The van der Waals surface area contributed by atoms with Crippen LogP contribution in [0.4, 0.5) is 0 Å². The van der Waals surface area contributed by atoms with Crippen LogP contribution in [0.15, 0.2) is 23.5 Å². The fraction of sp³-hybridized carbons (Fsp3) is 0.357. The summed E-state index contributed by atoms with van der Waals surface area (Å²) in [5.74, 6) is 0. The minimum Gasteiger partial charge on any atom is -0.294 e. The quantitative estimate of drug-likeness (QED) is 0.486. The second kappa shape index (κ2) is 6.48. The molecule has 4 nitrogen and oxygen atoms in total. The van der Waals surface area contributed by atoms with E-state index in [4.69, 9.17) is 23.2 Å². The minimum atomic E-state index is 0.422. The second-order valence-corrected chi connectivity index (χ2v) is 6.39. The van der Waals surface area contributed by atoms with Crippen molar-refractivity contribution in [3.8, 4) is 0 Å². The Morgan fingerprint density at radius 2 is 2.14 bits per heavy atom. The van der Waals surface area contributed by atoms with E-state index < -0.39 is 0 Å². The normalized spacial score (nSPS) is 15.0. The number of halogens is 2. The summed E-state index contributed by atoms with van der Waals surface area (Å²) in [5, 5.41) is 1.74. The highest BCUT2D eigenvalue weighted by molar-refractivity contribution is 7.98. The van der Waals surface area contributed by atoms with E-state index in [1.807, 2.05) is 18.5 Å². The summed E-state index contributed by atoms with van der Waals surface area (Å²) in [4.78, 5) is 15.3. The zero-order valence-electron chi connectivity index (χ0n) is 11.5. The summed E-state index contributed by atoms with van der Waals surface area (Å²) in [6.45, 7) is 2.55. The number of fused-ring (bicyclic) bond motifs is 1. The van der Waals surface area contributed by atoms with Crippen molar-refractivity contribution in [2.45, 2.75) is 24.7 Å². The van der Waals surface area contributed by atoms with Crippen LogP contribution in [-0.4, -0.2) is 32.7 Å². The molecule has 0 aromatic carbocycles. The van der Waals surface area contributed by atoms with Gasteiger partial charge in [0.1, 0.15) is 10.3 Å². The fourth-order valence-corrected chi connectivity index (χ4v) is 3.15. The van der Waals surface area contributed by atoms with Crippen molar-refractivity contribution in [2.24, 2.45) is 0 Å². The van der Waals surface area contributed by atoms with Crippen molar-refractivity contribution in [3.05, 3.63) is 45.5 Å². The molecule has 7 heteroatoms. The van der Waals surface area contributed by atoms with Crippen LogP contribution in [0.25, 0.3) is 0 Å². The molecule has 0 N–H and O–H groups in total. The van der Waals surface area contributed by atoms with E-state index in [9.17, 15) is 0 Å². The molecule has 0 fully saturated rings. The summed E-state index contributed by atoms with van der Waals surface area (Å²) >= 11 is 13.5. The molecule has 3 heterocycles. The Morgan fingerprint density at radius 1 is 1.29 bits per heavy atom. The SMILES string of the molecule is CSc1ncc2c(n1)CCN(Cc1ccc(Cl)nc1Cl)C2. The molecule has 2 aromatic rings. The third-order valence-corrected chi connectivity index (χ3v) is 4.56. The van der Waals surface area contributed by atoms with Crippen LogP contribution in [0.2, 0.25) is 10.3 Å². The second-order valence-electron chi connectivity index (χ2n) is 4.87. The first-order valence-electron chi connectivity index (χ1n) is 6.58. The smallest absolute Gasteiger partial charge is 0.187 e. The maximum absolute atomic E-state index is 6.14. The van der Waals surface area contributed by atoms with Crippen molar-refractivity contribution in [1.82, 2.24) is 19.9 Å². The van der Waals surface area contributed by atoms with E-state index in [1.54, 1.807) is 17.8 Å². The van der Waals surface area contributed by atoms with Crippen LogP contribution in [0.5, 0.6) is 0 Å². The fourth-order valence-electron chi connectivity index (χ4n) is 2.39. The van der Waals surface area contributed by atoms with Gasteiger partial charge in [-0.15, -0.1) is 0 Å². The number of aromatic nitrogens is 3. The van der Waals surface area contributed by atoms with Crippen molar-refractivity contribution in [3.63, 3.8) is 0 Å². The summed E-state index contributed by atoms with van der Waals surface area (Å²) < 4.78 is 0. The molecule has 21 heavy (non-hydrogen) atoms. The molecule has 0 radical (unpaired) electrons. The minimum absolute atomic E-state index is 0.422. The van der Waals surface area contributed by atoms with Gasteiger partial charge in [0.25, 0.3) is 0 Å². The number of hydrogen-bond donors (Lipinski definition) is 0. The highest BCUT2D eigenvalue weighted by Crippen LogP contribution is 2.23. The molecule has 0 aliphatic carbocycles. The first kappa shape index (κ1) is 15.0. The molecular formula is C14H14Cl2N4S. The van der Waals surface area contributed by atoms with Gasteiger partial charge < -0.3 is 0 Å². The average molecular weight is 341 g/mol. The average Bonchev–Trinajstić information content (AvgIpc) is 2.49. The molecule has 0 amide bonds.